The molecule has 36 heavy (non-hydrogen) atoms. The molecule has 11 heteroatoms. The molecule has 6 atom stereocenters. The number of hydrogen-bond donors (Lipinski definition) is 2. The van der Waals surface area contributed by atoms with Crippen LogP contribution in [-0.2, 0) is 20.8 Å². The van der Waals surface area contributed by atoms with E-state index in [1.807, 2.05) is 27.7 Å². The van der Waals surface area contributed by atoms with Crippen molar-refractivity contribution in [1.82, 2.24) is 19.9 Å². The van der Waals surface area contributed by atoms with Crippen LogP contribution in [0.4, 0.5) is 4.79 Å². The Balaban J connectivity index is 1.37. The molecule has 3 fully saturated rings. The van der Waals surface area contributed by atoms with Gasteiger partial charge in [-0.2, -0.15) is 0 Å². The third-order valence-corrected chi connectivity index (χ3v) is 8.08. The van der Waals surface area contributed by atoms with Crippen molar-refractivity contribution < 1.29 is 34.0 Å². The van der Waals surface area contributed by atoms with Crippen molar-refractivity contribution in [1.29, 1.82) is 0 Å². The molecule has 2 N–H and O–H groups in total. The van der Waals surface area contributed by atoms with Gasteiger partial charge in [-0.3, -0.25) is 4.68 Å². The van der Waals surface area contributed by atoms with E-state index in [-0.39, 0.29) is 23.4 Å². The van der Waals surface area contributed by atoms with Gasteiger partial charge in [0.25, 0.3) is 0 Å². The number of allylic oxidation sites excluding steroid dienone is 2. The molecule has 1 spiro atoms. The first-order valence-electron chi connectivity index (χ1n) is 12.6. The lowest BCUT2D eigenvalue weighted by Crippen LogP contribution is -2.61. The van der Waals surface area contributed by atoms with Gasteiger partial charge in [-0.25, -0.2) is 9.59 Å². The number of carbonyl (C=O) groups excluding carboxylic acids is 1. The summed E-state index contributed by atoms with van der Waals surface area (Å²) in [5, 5.41) is 28.2. The van der Waals surface area contributed by atoms with Gasteiger partial charge in [-0.15, -0.1) is 5.10 Å². The van der Waals surface area contributed by atoms with Crippen LogP contribution >= 0.6 is 0 Å². The van der Waals surface area contributed by atoms with Gasteiger partial charge in [-0.1, -0.05) is 23.8 Å². The van der Waals surface area contributed by atoms with Gasteiger partial charge in [0, 0.05) is 38.6 Å². The van der Waals surface area contributed by atoms with E-state index in [0.717, 1.165) is 6.42 Å². The summed E-state index contributed by atoms with van der Waals surface area (Å²) in [5.74, 6) is -1.36. The van der Waals surface area contributed by atoms with Gasteiger partial charge in [0.1, 0.15) is 12.2 Å². The largest absolute Gasteiger partial charge is 0.476 e. The average Bonchev–Trinajstić information content (AvgIpc) is 3.38. The number of epoxide rings is 1. The smallest absolute Gasteiger partial charge is 0.410 e. The number of carboxylic acids is 1. The Kier molecular flexibility index (Phi) is 7.45. The molecule has 1 aliphatic carbocycles. The molecule has 1 saturated carbocycles. The maximum absolute atomic E-state index is 12.9. The zero-order chi connectivity index (χ0) is 26.3. The van der Waals surface area contributed by atoms with E-state index in [1.165, 1.54) is 16.5 Å². The maximum atomic E-state index is 12.9. The molecular formula is C25H38N4O7. The molecule has 3 heterocycles. The van der Waals surface area contributed by atoms with Crippen molar-refractivity contribution in [2.75, 3.05) is 26.8 Å². The zero-order valence-electron chi connectivity index (χ0n) is 21.7. The first kappa shape index (κ1) is 26.6. The lowest BCUT2D eigenvalue weighted by atomic mass is 9.63. The molecule has 0 aromatic carbocycles. The second-order valence-corrected chi connectivity index (χ2v) is 11.0. The summed E-state index contributed by atoms with van der Waals surface area (Å²) in [6.07, 6.45) is 4.16. The molecule has 0 radical (unpaired) electrons. The Hall–Kier alpha value is -2.50. The number of likely N-dealkylation sites (tertiary alicyclic amines) is 1. The first-order valence-corrected chi connectivity index (χ1v) is 12.6. The van der Waals surface area contributed by atoms with Gasteiger partial charge < -0.3 is 29.3 Å². The molecule has 1 aromatic heterocycles. The van der Waals surface area contributed by atoms with E-state index >= 15 is 0 Å². The summed E-state index contributed by atoms with van der Waals surface area (Å²) < 4.78 is 19.2. The highest BCUT2D eigenvalue weighted by molar-refractivity contribution is 5.84. The number of carbonyl (C=O) groups is 2. The number of aromatic nitrogens is 3. The minimum absolute atomic E-state index is 0.0415. The Morgan fingerprint density at radius 2 is 2.08 bits per heavy atom. The summed E-state index contributed by atoms with van der Waals surface area (Å²) in [6.45, 7) is 9.99. The van der Waals surface area contributed by atoms with Crippen LogP contribution in [0.5, 0.6) is 0 Å². The van der Waals surface area contributed by atoms with Gasteiger partial charge in [0.15, 0.2) is 5.69 Å². The SMILES string of the molecule is CO[C@@H]1[C@H](OC(=O)N2CC(Cn3cc(C(=O)O)nn3)C2)CC[C@]2(CO2)[C@H]1[C@@](C)(O)C(C)CC=C(C)C. The van der Waals surface area contributed by atoms with E-state index in [2.05, 4.69) is 16.4 Å². The van der Waals surface area contributed by atoms with E-state index < -0.39 is 35.5 Å². The van der Waals surface area contributed by atoms with Crippen molar-refractivity contribution in [3.8, 4) is 0 Å². The Bertz CT molecular complexity index is 992. The molecule has 11 nitrogen and oxygen atoms in total. The third-order valence-electron chi connectivity index (χ3n) is 8.08. The van der Waals surface area contributed by atoms with Crippen LogP contribution in [0.25, 0.3) is 0 Å². The van der Waals surface area contributed by atoms with E-state index in [9.17, 15) is 14.7 Å². The lowest BCUT2D eigenvalue weighted by molar-refractivity contribution is -0.180. The van der Waals surface area contributed by atoms with Gasteiger partial charge >= 0.3 is 12.1 Å². The van der Waals surface area contributed by atoms with Crippen molar-refractivity contribution in [3.05, 3.63) is 23.5 Å². The fraction of sp³-hybridized carbons (Fsp3) is 0.760. The van der Waals surface area contributed by atoms with Gasteiger partial charge in [-0.05, 0) is 46.0 Å². The minimum Gasteiger partial charge on any atom is -0.476 e. The third kappa shape index (κ3) is 5.28. The van der Waals surface area contributed by atoms with Crippen LogP contribution in [0, 0.1) is 17.8 Å². The highest BCUT2D eigenvalue weighted by atomic mass is 16.6. The highest BCUT2D eigenvalue weighted by Crippen LogP contribution is 2.54. The maximum Gasteiger partial charge on any atom is 0.410 e. The number of methoxy groups -OCH3 is 1. The fourth-order valence-corrected chi connectivity index (χ4v) is 5.66. The molecule has 1 unspecified atom stereocenters. The van der Waals surface area contributed by atoms with Gasteiger partial charge in [0.2, 0.25) is 0 Å². The van der Waals surface area contributed by atoms with Crippen molar-refractivity contribution in [3.63, 3.8) is 0 Å². The van der Waals surface area contributed by atoms with E-state index in [0.29, 0.717) is 39.1 Å². The number of carboxylic acid groups (broad SMARTS) is 1. The topological polar surface area (TPSA) is 140 Å². The van der Waals surface area contributed by atoms with Gasteiger partial charge in [0.05, 0.1) is 24.0 Å². The molecule has 0 bridgehead atoms. The summed E-state index contributed by atoms with van der Waals surface area (Å²) in [6, 6.07) is 0. The Morgan fingerprint density at radius 3 is 2.64 bits per heavy atom. The predicted octanol–water partition coefficient (Wildman–Crippen LogP) is 2.35. The summed E-state index contributed by atoms with van der Waals surface area (Å²) in [7, 11) is 1.60. The molecule has 1 aromatic rings. The summed E-state index contributed by atoms with van der Waals surface area (Å²) >= 11 is 0. The van der Waals surface area contributed by atoms with E-state index in [1.54, 1.807) is 12.0 Å². The molecular weight excluding hydrogens is 468 g/mol. The fourth-order valence-electron chi connectivity index (χ4n) is 5.66. The Morgan fingerprint density at radius 1 is 1.39 bits per heavy atom. The molecule has 1 amide bonds. The second kappa shape index (κ2) is 10.1. The number of aromatic carboxylic acids is 1. The van der Waals surface area contributed by atoms with Crippen LogP contribution < -0.4 is 0 Å². The Labute approximate surface area is 211 Å². The standard InChI is InChI=1S/C25H38N4O7/c1-15(2)6-7-16(3)24(4,33)21-20(34-5)19(8-9-25(21)14-35-25)36-23(32)28-10-17(11-28)12-29-13-18(22(30)31)26-27-29/h6,13,16-17,19-21,33H,7-12,14H2,1-5H3,(H,30,31)/t16?,19-,20-,21-,24+,25+/m1/s1. The van der Waals surface area contributed by atoms with Crippen molar-refractivity contribution in [2.45, 2.75) is 76.9 Å². The van der Waals surface area contributed by atoms with Crippen LogP contribution in [0.2, 0.25) is 0 Å². The lowest BCUT2D eigenvalue weighted by Gasteiger charge is -2.49. The van der Waals surface area contributed by atoms with Crippen LogP contribution in [0.3, 0.4) is 0 Å². The molecule has 200 valence electrons. The normalized spacial score (nSPS) is 30.3. The quantitative estimate of drug-likeness (QED) is 0.381. The second-order valence-electron chi connectivity index (χ2n) is 11.0. The number of hydrogen-bond acceptors (Lipinski definition) is 8. The molecule has 2 aliphatic heterocycles. The number of nitrogens with zero attached hydrogens (tertiary/aromatic N) is 4. The molecule has 2 saturated heterocycles. The molecule has 3 aliphatic rings. The van der Waals surface area contributed by atoms with Crippen molar-refractivity contribution in [2.24, 2.45) is 17.8 Å². The minimum atomic E-state index is -1.12. The zero-order valence-corrected chi connectivity index (χ0v) is 21.7. The first-order chi connectivity index (χ1) is 17.0. The number of ether oxygens (including phenoxy) is 3. The van der Waals surface area contributed by atoms with Crippen LogP contribution in [0.1, 0.15) is 57.4 Å². The summed E-state index contributed by atoms with van der Waals surface area (Å²) in [4.78, 5) is 25.5. The monoisotopic (exact) mass is 506 g/mol. The van der Waals surface area contributed by atoms with Crippen LogP contribution in [-0.4, -0.2) is 92.4 Å². The number of aliphatic hydroxyl groups is 1. The predicted molar refractivity (Wildman–Crippen MR) is 128 cm³/mol. The molecule has 4 rings (SSSR count). The number of amides is 1. The van der Waals surface area contributed by atoms with Crippen molar-refractivity contribution >= 4 is 12.1 Å². The number of rotatable bonds is 9. The van der Waals surface area contributed by atoms with E-state index in [4.69, 9.17) is 19.3 Å². The summed E-state index contributed by atoms with van der Waals surface area (Å²) in [5.41, 5.74) is -0.428. The highest BCUT2D eigenvalue weighted by Gasteiger charge is 2.65. The van der Waals surface area contributed by atoms with Crippen LogP contribution in [0.15, 0.2) is 17.8 Å². The average molecular weight is 507 g/mol.